The molecule has 0 saturated heterocycles. The molecule has 0 aliphatic rings. The number of nitrogens with one attached hydrogen (secondary N) is 1. The van der Waals surface area contributed by atoms with Crippen molar-refractivity contribution < 1.29 is 22.7 Å². The van der Waals surface area contributed by atoms with Gasteiger partial charge in [-0.25, -0.2) is 4.68 Å². The molecule has 1 heterocycles. The number of amides is 1. The predicted octanol–water partition coefficient (Wildman–Crippen LogP) is 2.78. The summed E-state index contributed by atoms with van der Waals surface area (Å²) in [5, 5.41) is 6.32. The molecule has 0 aliphatic heterocycles. The average Bonchev–Trinajstić information content (AvgIpc) is 2.55. The van der Waals surface area contributed by atoms with Gasteiger partial charge in [0.1, 0.15) is 11.8 Å². The molecular formula is C16H16F3N3O3. The summed E-state index contributed by atoms with van der Waals surface area (Å²) in [5.74, 6) is -0.629. The van der Waals surface area contributed by atoms with E-state index in [0.29, 0.717) is 5.69 Å². The van der Waals surface area contributed by atoms with Crippen LogP contribution in [0.3, 0.4) is 0 Å². The van der Waals surface area contributed by atoms with Crippen molar-refractivity contribution in [2.75, 3.05) is 12.4 Å². The van der Waals surface area contributed by atoms with Crippen LogP contribution < -0.4 is 15.6 Å². The number of aryl methyl sites for hydroxylation is 1. The van der Waals surface area contributed by atoms with E-state index in [1.807, 2.05) is 0 Å². The lowest BCUT2D eigenvalue weighted by molar-refractivity contribution is -0.137. The van der Waals surface area contributed by atoms with Crippen LogP contribution in [0.5, 0.6) is 5.75 Å². The van der Waals surface area contributed by atoms with Gasteiger partial charge in [0.15, 0.2) is 0 Å². The van der Waals surface area contributed by atoms with Gasteiger partial charge in [-0.15, -0.1) is 0 Å². The van der Waals surface area contributed by atoms with Gasteiger partial charge in [0.2, 0.25) is 5.91 Å². The Hall–Kier alpha value is -2.84. The number of hydrogen-bond acceptors (Lipinski definition) is 4. The zero-order chi connectivity index (χ0) is 18.8. The second-order valence-electron chi connectivity index (χ2n) is 5.34. The first-order valence-electron chi connectivity index (χ1n) is 7.26. The average molecular weight is 355 g/mol. The van der Waals surface area contributed by atoms with E-state index in [0.717, 1.165) is 22.9 Å². The maximum atomic E-state index is 12.9. The van der Waals surface area contributed by atoms with Gasteiger partial charge < -0.3 is 10.1 Å². The van der Waals surface area contributed by atoms with Gasteiger partial charge in [0.25, 0.3) is 5.56 Å². The third kappa shape index (κ3) is 4.17. The molecule has 25 heavy (non-hydrogen) atoms. The van der Waals surface area contributed by atoms with Crippen molar-refractivity contribution >= 4 is 11.6 Å². The monoisotopic (exact) mass is 355 g/mol. The summed E-state index contributed by atoms with van der Waals surface area (Å²) in [5.41, 5.74) is -1.04. The number of benzene rings is 1. The molecule has 0 saturated carbocycles. The number of alkyl halides is 3. The van der Waals surface area contributed by atoms with E-state index >= 15 is 0 Å². The first kappa shape index (κ1) is 18.5. The number of anilines is 1. The minimum atomic E-state index is -4.56. The molecule has 0 aliphatic carbocycles. The van der Waals surface area contributed by atoms with Crippen LogP contribution in [-0.2, 0) is 11.0 Å². The second-order valence-corrected chi connectivity index (χ2v) is 5.34. The van der Waals surface area contributed by atoms with Gasteiger partial charge in [-0.2, -0.15) is 18.3 Å². The first-order valence-corrected chi connectivity index (χ1v) is 7.26. The van der Waals surface area contributed by atoms with Crippen LogP contribution in [0.15, 0.2) is 35.1 Å². The van der Waals surface area contributed by atoms with E-state index < -0.39 is 29.2 Å². The van der Waals surface area contributed by atoms with Crippen molar-refractivity contribution in [2.45, 2.75) is 26.1 Å². The van der Waals surface area contributed by atoms with Crippen molar-refractivity contribution in [3.05, 3.63) is 51.9 Å². The van der Waals surface area contributed by atoms with Crippen molar-refractivity contribution in [3.8, 4) is 5.75 Å². The van der Waals surface area contributed by atoms with Crippen LogP contribution in [0.2, 0.25) is 0 Å². The number of rotatable bonds is 4. The molecule has 1 atom stereocenters. The van der Waals surface area contributed by atoms with E-state index in [2.05, 4.69) is 10.4 Å². The smallest absolute Gasteiger partial charge is 0.416 e. The standard InChI is InChI=1S/C16H16F3N3O3/c1-9-4-7-14(23)22(21-9)10(2)15(24)20-12-8-11(16(17,18)19)5-6-13(12)25-3/h4-8,10H,1-3H3,(H,20,24). The molecule has 0 bridgehead atoms. The zero-order valence-electron chi connectivity index (χ0n) is 13.7. The number of ether oxygens (including phenoxy) is 1. The van der Waals surface area contributed by atoms with Crippen molar-refractivity contribution in [1.29, 1.82) is 0 Å². The highest BCUT2D eigenvalue weighted by atomic mass is 19.4. The number of methoxy groups -OCH3 is 1. The molecule has 2 aromatic rings. The minimum Gasteiger partial charge on any atom is -0.495 e. The maximum Gasteiger partial charge on any atom is 0.416 e. The fourth-order valence-corrected chi connectivity index (χ4v) is 2.13. The fourth-order valence-electron chi connectivity index (χ4n) is 2.13. The Labute approximate surface area is 141 Å². The number of nitrogens with zero attached hydrogens (tertiary/aromatic N) is 2. The number of carbonyl (C=O) groups is 1. The summed E-state index contributed by atoms with van der Waals surface area (Å²) in [7, 11) is 1.27. The van der Waals surface area contributed by atoms with E-state index in [4.69, 9.17) is 4.74 Å². The van der Waals surface area contributed by atoms with Gasteiger partial charge >= 0.3 is 6.18 Å². The molecular weight excluding hydrogens is 339 g/mol. The van der Waals surface area contributed by atoms with Gasteiger partial charge in [-0.3, -0.25) is 9.59 Å². The summed E-state index contributed by atoms with van der Waals surface area (Å²) in [4.78, 5) is 24.2. The van der Waals surface area contributed by atoms with Crippen molar-refractivity contribution in [1.82, 2.24) is 9.78 Å². The van der Waals surface area contributed by atoms with Crippen molar-refractivity contribution in [2.24, 2.45) is 0 Å². The van der Waals surface area contributed by atoms with Gasteiger partial charge in [0.05, 0.1) is 24.1 Å². The van der Waals surface area contributed by atoms with E-state index in [1.165, 1.54) is 26.2 Å². The van der Waals surface area contributed by atoms with E-state index in [1.54, 1.807) is 6.92 Å². The van der Waals surface area contributed by atoms with Crippen LogP contribution in [0.1, 0.15) is 24.2 Å². The zero-order valence-corrected chi connectivity index (χ0v) is 13.7. The summed E-state index contributed by atoms with van der Waals surface area (Å²) < 4.78 is 44.5. The van der Waals surface area contributed by atoms with Crippen LogP contribution >= 0.6 is 0 Å². The number of carbonyl (C=O) groups excluding carboxylic acids is 1. The first-order chi connectivity index (χ1) is 11.6. The van der Waals surface area contributed by atoms with Crippen LogP contribution in [0.4, 0.5) is 18.9 Å². The highest BCUT2D eigenvalue weighted by Gasteiger charge is 2.31. The van der Waals surface area contributed by atoms with E-state index in [-0.39, 0.29) is 11.4 Å². The molecule has 9 heteroatoms. The lowest BCUT2D eigenvalue weighted by Crippen LogP contribution is -2.33. The molecule has 1 unspecified atom stereocenters. The molecule has 1 N–H and O–H groups in total. The van der Waals surface area contributed by atoms with Crippen LogP contribution in [0.25, 0.3) is 0 Å². The summed E-state index contributed by atoms with van der Waals surface area (Å²) in [6.07, 6.45) is -4.56. The number of aromatic nitrogens is 2. The highest BCUT2D eigenvalue weighted by molar-refractivity contribution is 5.94. The normalized spacial score (nSPS) is 12.6. The summed E-state index contributed by atoms with van der Waals surface area (Å²) in [6.45, 7) is 3.07. The maximum absolute atomic E-state index is 12.9. The third-order valence-corrected chi connectivity index (χ3v) is 3.49. The Kier molecular flexibility index (Phi) is 5.15. The summed E-state index contributed by atoms with van der Waals surface area (Å²) >= 11 is 0. The molecule has 0 radical (unpaired) electrons. The number of halogens is 3. The minimum absolute atomic E-state index is 0.0677. The highest BCUT2D eigenvalue weighted by Crippen LogP contribution is 2.35. The Balaban J connectivity index is 2.33. The Morgan fingerprint density at radius 3 is 2.56 bits per heavy atom. The van der Waals surface area contributed by atoms with Gasteiger partial charge in [-0.05, 0) is 38.1 Å². The Morgan fingerprint density at radius 2 is 1.96 bits per heavy atom. The molecule has 0 fully saturated rings. The van der Waals surface area contributed by atoms with Crippen molar-refractivity contribution in [3.63, 3.8) is 0 Å². The van der Waals surface area contributed by atoms with Gasteiger partial charge in [0, 0.05) is 6.07 Å². The van der Waals surface area contributed by atoms with Crippen LogP contribution in [0, 0.1) is 6.92 Å². The predicted molar refractivity (Wildman–Crippen MR) is 84.6 cm³/mol. The lowest BCUT2D eigenvalue weighted by atomic mass is 10.1. The van der Waals surface area contributed by atoms with Crippen LogP contribution in [-0.4, -0.2) is 22.8 Å². The molecule has 1 aromatic carbocycles. The third-order valence-electron chi connectivity index (χ3n) is 3.49. The largest absolute Gasteiger partial charge is 0.495 e. The SMILES string of the molecule is COc1ccc(C(F)(F)F)cc1NC(=O)C(C)n1nc(C)ccc1=O. The topological polar surface area (TPSA) is 73.2 Å². The molecule has 2 rings (SSSR count). The number of hydrogen-bond donors (Lipinski definition) is 1. The van der Waals surface area contributed by atoms with Gasteiger partial charge in [-0.1, -0.05) is 0 Å². The Morgan fingerprint density at radius 1 is 1.28 bits per heavy atom. The quantitative estimate of drug-likeness (QED) is 0.915. The molecule has 134 valence electrons. The van der Waals surface area contributed by atoms with E-state index in [9.17, 15) is 22.8 Å². The molecule has 1 aromatic heterocycles. The lowest BCUT2D eigenvalue weighted by Gasteiger charge is -2.17. The Bertz CT molecular complexity index is 846. The fraction of sp³-hybridized carbons (Fsp3) is 0.312. The molecule has 0 spiro atoms. The molecule has 1 amide bonds. The molecule has 6 nitrogen and oxygen atoms in total. The second kappa shape index (κ2) is 6.96. The summed E-state index contributed by atoms with van der Waals surface area (Å²) in [6, 6.07) is 4.48.